The van der Waals surface area contributed by atoms with Crippen LogP contribution in [0.1, 0.15) is 5.56 Å². The Hall–Kier alpha value is -1.07. The molecule has 5 atom stereocenters. The Balaban J connectivity index is 1.75. The predicted octanol–water partition coefficient (Wildman–Crippen LogP) is 0.530. The highest BCUT2D eigenvalue weighted by atomic mass is 32.3. The summed E-state index contributed by atoms with van der Waals surface area (Å²) in [6.07, 6.45) is -3.81. The molecule has 2 bridgehead atoms. The summed E-state index contributed by atoms with van der Waals surface area (Å²) in [6.45, 7) is 0.532. The van der Waals surface area contributed by atoms with Gasteiger partial charge in [0.25, 0.3) is 0 Å². The maximum Gasteiger partial charge on any atom is 0.397 e. The minimum Gasteiger partial charge on any atom is -0.376 e. The van der Waals surface area contributed by atoms with Crippen LogP contribution in [0.4, 0.5) is 0 Å². The van der Waals surface area contributed by atoms with Gasteiger partial charge in [0, 0.05) is 7.11 Å². The normalized spacial score (nSPS) is 33.7. The summed E-state index contributed by atoms with van der Waals surface area (Å²) >= 11 is 0. The molecule has 0 spiro atoms. The first-order valence-electron chi connectivity index (χ1n) is 7.09. The van der Waals surface area contributed by atoms with Crippen LogP contribution in [0.25, 0.3) is 0 Å². The highest BCUT2D eigenvalue weighted by molar-refractivity contribution is 7.80. The zero-order valence-corrected chi connectivity index (χ0v) is 13.2. The molecule has 2 heterocycles. The molecule has 0 unspecified atom stereocenters. The fraction of sp³-hybridized carbons (Fsp3) is 0.571. The second-order valence-electron chi connectivity index (χ2n) is 5.33. The van der Waals surface area contributed by atoms with Crippen molar-refractivity contribution in [1.29, 1.82) is 0 Å². The van der Waals surface area contributed by atoms with E-state index in [1.807, 2.05) is 30.3 Å². The lowest BCUT2D eigenvalue weighted by Gasteiger charge is -2.38. The molecule has 0 amide bonds. The topological polar surface area (TPSA) is 101 Å². The molecule has 3 rings (SSSR count). The van der Waals surface area contributed by atoms with Gasteiger partial charge in [-0.3, -0.25) is 4.55 Å². The minimum atomic E-state index is -4.68. The Bertz CT molecular complexity index is 619. The molecule has 0 radical (unpaired) electrons. The highest BCUT2D eigenvalue weighted by Gasteiger charge is 2.53. The van der Waals surface area contributed by atoms with Crippen molar-refractivity contribution in [3.63, 3.8) is 0 Å². The molecule has 23 heavy (non-hydrogen) atoms. The molecule has 0 saturated carbocycles. The summed E-state index contributed by atoms with van der Waals surface area (Å²) in [5.74, 6) is 0. The number of methoxy groups -OCH3 is 1. The lowest BCUT2D eigenvalue weighted by molar-refractivity contribution is -0.239. The van der Waals surface area contributed by atoms with Crippen molar-refractivity contribution in [2.24, 2.45) is 0 Å². The van der Waals surface area contributed by atoms with Crippen molar-refractivity contribution < 1.29 is 36.1 Å². The summed E-state index contributed by atoms with van der Waals surface area (Å²) in [7, 11) is -3.27. The number of benzene rings is 1. The van der Waals surface area contributed by atoms with E-state index in [0.29, 0.717) is 6.61 Å². The van der Waals surface area contributed by atoms with Gasteiger partial charge in [-0.2, -0.15) is 8.42 Å². The maximum absolute atomic E-state index is 11.0. The molecule has 0 aromatic heterocycles. The summed E-state index contributed by atoms with van der Waals surface area (Å²) in [4.78, 5) is 0. The van der Waals surface area contributed by atoms with Crippen molar-refractivity contribution in [3.8, 4) is 0 Å². The van der Waals surface area contributed by atoms with E-state index >= 15 is 0 Å². The maximum atomic E-state index is 11.0. The minimum absolute atomic E-state index is 0.231. The summed E-state index contributed by atoms with van der Waals surface area (Å²) in [5.41, 5.74) is 0.954. The van der Waals surface area contributed by atoms with E-state index in [-0.39, 0.29) is 6.61 Å². The molecular formula is C14H18O8S. The molecular weight excluding hydrogens is 328 g/mol. The summed E-state index contributed by atoms with van der Waals surface area (Å²) in [5, 5.41) is 0. The van der Waals surface area contributed by atoms with Crippen molar-refractivity contribution in [1.82, 2.24) is 0 Å². The Morgan fingerprint density at radius 3 is 2.61 bits per heavy atom. The molecule has 2 saturated heterocycles. The third-order valence-electron chi connectivity index (χ3n) is 3.81. The van der Waals surface area contributed by atoms with Crippen LogP contribution < -0.4 is 0 Å². The first-order chi connectivity index (χ1) is 11.0. The average Bonchev–Trinajstić information content (AvgIpc) is 2.94. The molecule has 1 aromatic rings. The van der Waals surface area contributed by atoms with Gasteiger partial charge in [0.2, 0.25) is 0 Å². The fourth-order valence-electron chi connectivity index (χ4n) is 2.82. The fourth-order valence-corrected chi connectivity index (χ4v) is 3.30. The Morgan fingerprint density at radius 2 is 1.96 bits per heavy atom. The lowest BCUT2D eigenvalue weighted by Crippen LogP contribution is -2.57. The van der Waals surface area contributed by atoms with Gasteiger partial charge in [0.15, 0.2) is 12.4 Å². The van der Waals surface area contributed by atoms with Gasteiger partial charge in [-0.25, -0.2) is 4.18 Å². The first-order valence-corrected chi connectivity index (χ1v) is 8.45. The van der Waals surface area contributed by atoms with Crippen LogP contribution in [-0.2, 0) is 40.1 Å². The third kappa shape index (κ3) is 3.89. The number of hydrogen-bond acceptors (Lipinski definition) is 7. The molecule has 2 aliphatic heterocycles. The van der Waals surface area contributed by atoms with E-state index in [1.165, 1.54) is 7.11 Å². The molecule has 128 valence electrons. The van der Waals surface area contributed by atoms with Crippen molar-refractivity contribution in [2.75, 3.05) is 13.7 Å². The number of hydrogen-bond donors (Lipinski definition) is 1. The third-order valence-corrected chi connectivity index (χ3v) is 4.27. The van der Waals surface area contributed by atoms with E-state index in [0.717, 1.165) is 5.56 Å². The van der Waals surface area contributed by atoms with Crippen LogP contribution in [0.5, 0.6) is 0 Å². The molecule has 2 fully saturated rings. The number of fused-ring (bicyclic) bond motifs is 2. The van der Waals surface area contributed by atoms with Crippen molar-refractivity contribution in [3.05, 3.63) is 35.9 Å². The predicted molar refractivity (Wildman–Crippen MR) is 76.9 cm³/mol. The average molecular weight is 346 g/mol. The quantitative estimate of drug-likeness (QED) is 0.745. The van der Waals surface area contributed by atoms with Gasteiger partial charge in [-0.1, -0.05) is 30.3 Å². The van der Waals surface area contributed by atoms with E-state index in [9.17, 15) is 8.42 Å². The molecule has 1 aromatic carbocycles. The molecule has 8 nitrogen and oxygen atoms in total. The number of ether oxygens (including phenoxy) is 4. The zero-order valence-electron chi connectivity index (χ0n) is 12.4. The van der Waals surface area contributed by atoms with Crippen LogP contribution >= 0.6 is 0 Å². The SMILES string of the molecule is CO[C@@H]1[C@@H](OS(=O)(=O)O)[C@@H]2OC[C@@H](O2)[C@H]1OCc1ccccc1. The standard InChI is InChI=1S/C14H18O8S/c1-18-12-11(19-7-9-5-3-2-4-6-9)10-8-20-14(21-10)13(12)22-23(15,16)17/h2-6,10-14H,7-8H2,1H3,(H,15,16,17)/t10-,11-,12+,13-,14-/m1/s1. The van der Waals surface area contributed by atoms with Gasteiger partial charge in [-0.15, -0.1) is 0 Å². The first kappa shape index (κ1) is 16.8. The Morgan fingerprint density at radius 1 is 1.22 bits per heavy atom. The van der Waals surface area contributed by atoms with Gasteiger partial charge < -0.3 is 18.9 Å². The highest BCUT2D eigenvalue weighted by Crippen LogP contribution is 2.34. The molecule has 2 aliphatic rings. The van der Waals surface area contributed by atoms with E-state index in [1.54, 1.807) is 0 Å². The lowest BCUT2D eigenvalue weighted by atomic mass is 10.0. The second kappa shape index (κ2) is 6.81. The number of rotatable bonds is 6. The Kier molecular flexibility index (Phi) is 4.97. The van der Waals surface area contributed by atoms with Gasteiger partial charge >= 0.3 is 10.4 Å². The molecule has 1 N–H and O–H groups in total. The van der Waals surface area contributed by atoms with E-state index in [4.69, 9.17) is 23.5 Å². The van der Waals surface area contributed by atoms with Gasteiger partial charge in [-0.05, 0) is 5.56 Å². The zero-order chi connectivity index (χ0) is 16.4. The van der Waals surface area contributed by atoms with Crippen LogP contribution in [0.15, 0.2) is 30.3 Å². The van der Waals surface area contributed by atoms with Crippen molar-refractivity contribution >= 4 is 10.4 Å². The molecule has 9 heteroatoms. The summed E-state index contributed by atoms with van der Waals surface area (Å²) in [6, 6.07) is 9.50. The van der Waals surface area contributed by atoms with Crippen LogP contribution in [0.2, 0.25) is 0 Å². The van der Waals surface area contributed by atoms with E-state index < -0.39 is 41.1 Å². The van der Waals surface area contributed by atoms with Crippen LogP contribution in [0.3, 0.4) is 0 Å². The van der Waals surface area contributed by atoms with E-state index in [2.05, 4.69) is 4.18 Å². The van der Waals surface area contributed by atoms with Gasteiger partial charge in [0.05, 0.1) is 13.2 Å². The van der Waals surface area contributed by atoms with Crippen molar-refractivity contribution in [2.45, 2.75) is 37.3 Å². The largest absolute Gasteiger partial charge is 0.397 e. The molecule has 0 aliphatic carbocycles. The van der Waals surface area contributed by atoms with Crippen LogP contribution in [-0.4, -0.2) is 57.4 Å². The smallest absolute Gasteiger partial charge is 0.376 e. The monoisotopic (exact) mass is 346 g/mol. The van der Waals surface area contributed by atoms with Gasteiger partial charge in [0.1, 0.15) is 18.3 Å². The summed E-state index contributed by atoms with van der Waals surface area (Å²) < 4.78 is 57.8. The Labute approximate surface area is 134 Å². The second-order valence-corrected chi connectivity index (χ2v) is 6.37. The van der Waals surface area contributed by atoms with Crippen LogP contribution in [0, 0.1) is 0 Å².